The quantitative estimate of drug-likeness (QED) is 0.684. The van der Waals surface area contributed by atoms with E-state index < -0.39 is 29.2 Å². The van der Waals surface area contributed by atoms with E-state index in [1.165, 1.54) is 22.7 Å². The van der Waals surface area contributed by atoms with Crippen LogP contribution in [-0.2, 0) is 14.4 Å². The fourth-order valence-electron chi connectivity index (χ4n) is 2.02. The Labute approximate surface area is 113 Å². The fraction of sp³-hybridized carbons (Fsp3) is 0.455. The van der Waals surface area contributed by atoms with Crippen molar-refractivity contribution in [3.63, 3.8) is 0 Å². The molecule has 0 aliphatic carbocycles. The van der Waals surface area contributed by atoms with E-state index in [1.54, 1.807) is 6.07 Å². The van der Waals surface area contributed by atoms with Crippen LogP contribution in [0.5, 0.6) is 0 Å². The molecule has 2 rings (SSSR count). The van der Waals surface area contributed by atoms with Crippen LogP contribution in [0, 0.1) is 11.3 Å². The maximum atomic E-state index is 11.9. The van der Waals surface area contributed by atoms with Crippen molar-refractivity contribution in [2.75, 3.05) is 0 Å². The first kappa shape index (κ1) is 13.4. The molecule has 2 N–H and O–H groups in total. The molecule has 0 aromatic rings. The fourth-order valence-corrected chi connectivity index (χ4v) is 3.35. The summed E-state index contributed by atoms with van der Waals surface area (Å²) in [6.45, 7) is 1.82. The van der Waals surface area contributed by atoms with Crippen molar-refractivity contribution in [1.82, 2.24) is 10.2 Å². The Hall–Kier alpha value is -2.01. The van der Waals surface area contributed by atoms with Gasteiger partial charge in [-0.3, -0.25) is 14.5 Å². The van der Waals surface area contributed by atoms with Crippen LogP contribution in [0.4, 0.5) is 0 Å². The zero-order valence-electron chi connectivity index (χ0n) is 9.99. The number of aliphatic carboxylic acids is 1. The van der Waals surface area contributed by atoms with Crippen LogP contribution >= 0.6 is 11.8 Å². The summed E-state index contributed by atoms with van der Waals surface area (Å²) in [6.07, 6.45) is 1.19. The molecule has 100 valence electrons. The number of hydrogen-bond donors (Lipinski definition) is 2. The summed E-state index contributed by atoms with van der Waals surface area (Å²) in [7, 11) is 0. The van der Waals surface area contributed by atoms with Gasteiger partial charge in [0.1, 0.15) is 23.5 Å². The van der Waals surface area contributed by atoms with Crippen molar-refractivity contribution in [2.45, 2.75) is 30.0 Å². The molecule has 2 heterocycles. The zero-order valence-corrected chi connectivity index (χ0v) is 10.8. The second-order valence-corrected chi connectivity index (χ2v) is 5.68. The van der Waals surface area contributed by atoms with Crippen molar-refractivity contribution in [2.24, 2.45) is 0 Å². The molecule has 0 aromatic carbocycles. The van der Waals surface area contributed by atoms with Gasteiger partial charge >= 0.3 is 5.97 Å². The Kier molecular flexibility index (Phi) is 3.48. The predicted octanol–water partition coefficient (Wildman–Crippen LogP) is -0.343. The van der Waals surface area contributed by atoms with Crippen LogP contribution in [0.3, 0.4) is 0 Å². The molecule has 2 amide bonds. The van der Waals surface area contributed by atoms with Gasteiger partial charge in [0.25, 0.3) is 5.91 Å². The average molecular weight is 281 g/mol. The predicted molar refractivity (Wildman–Crippen MR) is 65.6 cm³/mol. The maximum Gasteiger partial charge on any atom is 0.352 e. The van der Waals surface area contributed by atoms with E-state index in [0.29, 0.717) is 0 Å². The highest BCUT2D eigenvalue weighted by Crippen LogP contribution is 2.40. The molecule has 19 heavy (non-hydrogen) atoms. The number of hydrogen-bond acceptors (Lipinski definition) is 5. The average Bonchev–Trinajstić information content (AvgIpc) is 2.35. The third-order valence-corrected chi connectivity index (χ3v) is 4.15. The van der Waals surface area contributed by atoms with Gasteiger partial charge < -0.3 is 10.4 Å². The topological polar surface area (TPSA) is 110 Å². The van der Waals surface area contributed by atoms with Gasteiger partial charge in [-0.2, -0.15) is 5.26 Å². The van der Waals surface area contributed by atoms with Crippen molar-refractivity contribution in [3.8, 4) is 6.07 Å². The molecular weight excluding hydrogens is 270 g/mol. The first-order chi connectivity index (χ1) is 8.95. The third-order valence-electron chi connectivity index (χ3n) is 2.82. The lowest BCUT2D eigenvalue weighted by Crippen LogP contribution is -2.70. The number of carbonyl (C=O) groups excluding carboxylic acids is 2. The molecule has 2 aliphatic rings. The normalized spacial score (nSPS) is 28.6. The summed E-state index contributed by atoms with van der Waals surface area (Å²) >= 11 is 1.40. The number of nitrogens with zero attached hydrogens (tertiary/aromatic N) is 2. The van der Waals surface area contributed by atoms with Crippen molar-refractivity contribution in [1.29, 1.82) is 5.26 Å². The molecule has 2 aliphatic heterocycles. The number of β-lactam (4-membered cyclic amide) rings is 1. The monoisotopic (exact) mass is 281 g/mol. The largest absolute Gasteiger partial charge is 0.477 e. The lowest BCUT2D eigenvalue weighted by Gasteiger charge is -2.49. The molecule has 0 saturated carbocycles. The number of amides is 2. The number of carbonyl (C=O) groups is 3. The van der Waals surface area contributed by atoms with E-state index in [1.807, 2.05) is 6.92 Å². The Morgan fingerprint density at radius 3 is 2.89 bits per heavy atom. The Morgan fingerprint density at radius 2 is 2.32 bits per heavy atom. The standard InChI is InChI=1S/C11H11N3O4S/c1-5-4-6(11(17)18)14-9(16)8(10(14)19-5)13-7(15)2-3-12/h4-5,8,10H,2H2,1H3,(H,13,15)(H,17,18)/t5?,8?,10-/m0/s1. The van der Waals surface area contributed by atoms with Gasteiger partial charge in [0, 0.05) is 5.25 Å². The van der Waals surface area contributed by atoms with Crippen molar-refractivity contribution >= 4 is 29.5 Å². The van der Waals surface area contributed by atoms with E-state index in [4.69, 9.17) is 10.4 Å². The highest BCUT2D eigenvalue weighted by atomic mass is 32.2. The number of nitriles is 1. The van der Waals surface area contributed by atoms with E-state index in [0.717, 1.165) is 0 Å². The molecule has 8 heteroatoms. The van der Waals surface area contributed by atoms with Gasteiger partial charge in [-0.25, -0.2) is 4.79 Å². The van der Waals surface area contributed by atoms with Crippen LogP contribution in [-0.4, -0.2) is 44.5 Å². The lowest BCUT2D eigenvalue weighted by atomic mass is 10.0. The summed E-state index contributed by atoms with van der Waals surface area (Å²) in [5, 5.41) is 19.4. The zero-order chi connectivity index (χ0) is 14.2. The highest BCUT2D eigenvalue weighted by Gasteiger charge is 2.53. The third kappa shape index (κ3) is 2.29. The Morgan fingerprint density at radius 1 is 1.63 bits per heavy atom. The van der Waals surface area contributed by atoms with Crippen LogP contribution in [0.25, 0.3) is 0 Å². The van der Waals surface area contributed by atoms with E-state index >= 15 is 0 Å². The van der Waals surface area contributed by atoms with Gasteiger partial charge in [0.05, 0.1) is 6.07 Å². The summed E-state index contributed by atoms with van der Waals surface area (Å²) < 4.78 is 0. The van der Waals surface area contributed by atoms with Gasteiger partial charge in [0.2, 0.25) is 5.91 Å². The van der Waals surface area contributed by atoms with E-state index in [9.17, 15) is 14.4 Å². The Bertz CT molecular complexity index is 525. The second kappa shape index (κ2) is 4.93. The molecule has 0 radical (unpaired) electrons. The smallest absolute Gasteiger partial charge is 0.352 e. The molecule has 0 bridgehead atoms. The minimum atomic E-state index is -1.16. The molecular formula is C11H11N3O4S. The van der Waals surface area contributed by atoms with Crippen LogP contribution in [0.15, 0.2) is 11.8 Å². The molecule has 1 saturated heterocycles. The summed E-state index contributed by atoms with van der Waals surface area (Å²) in [6, 6.07) is 0.941. The summed E-state index contributed by atoms with van der Waals surface area (Å²) in [4.78, 5) is 35.4. The van der Waals surface area contributed by atoms with Crippen molar-refractivity contribution in [3.05, 3.63) is 11.8 Å². The number of carboxylic acids is 1. The van der Waals surface area contributed by atoms with Gasteiger partial charge in [-0.1, -0.05) is 0 Å². The lowest BCUT2D eigenvalue weighted by molar-refractivity contribution is -0.150. The number of fused-ring (bicyclic) bond motifs is 1. The van der Waals surface area contributed by atoms with Crippen LogP contribution < -0.4 is 5.32 Å². The maximum absolute atomic E-state index is 11.9. The van der Waals surface area contributed by atoms with E-state index in [-0.39, 0.29) is 17.4 Å². The molecule has 1 fully saturated rings. The minimum Gasteiger partial charge on any atom is -0.477 e. The highest BCUT2D eigenvalue weighted by molar-refractivity contribution is 8.00. The molecule has 2 unspecified atom stereocenters. The van der Waals surface area contributed by atoms with Crippen LogP contribution in [0.1, 0.15) is 13.3 Å². The van der Waals surface area contributed by atoms with Gasteiger partial charge in [-0.05, 0) is 13.0 Å². The summed E-state index contributed by atoms with van der Waals surface area (Å²) in [5.41, 5.74) is -0.0490. The molecule has 7 nitrogen and oxygen atoms in total. The number of nitrogens with one attached hydrogen (secondary N) is 1. The Balaban J connectivity index is 2.13. The summed E-state index contributed by atoms with van der Waals surface area (Å²) in [5.74, 6) is -2.14. The number of carboxylic acid groups (broad SMARTS) is 1. The van der Waals surface area contributed by atoms with E-state index in [2.05, 4.69) is 5.32 Å². The molecule has 3 atom stereocenters. The molecule has 0 aromatic heterocycles. The van der Waals surface area contributed by atoms with Gasteiger partial charge in [-0.15, -0.1) is 11.8 Å². The van der Waals surface area contributed by atoms with Gasteiger partial charge in [0.15, 0.2) is 0 Å². The van der Waals surface area contributed by atoms with Crippen LogP contribution in [0.2, 0.25) is 0 Å². The first-order valence-corrected chi connectivity index (χ1v) is 6.50. The second-order valence-electron chi connectivity index (χ2n) is 4.18. The minimum absolute atomic E-state index is 0.0490. The number of thioether (sulfide) groups is 1. The number of rotatable bonds is 3. The molecule has 0 spiro atoms. The SMILES string of the molecule is CC1C=C(C(=O)O)N2C(=O)C(NC(=O)CC#N)[C@@H]2S1. The first-order valence-electron chi connectivity index (χ1n) is 5.55. The van der Waals surface area contributed by atoms with Crippen molar-refractivity contribution < 1.29 is 19.5 Å².